The molecule has 1 fully saturated rings. The van der Waals surface area contributed by atoms with Crippen LogP contribution in [0.25, 0.3) is 0 Å². The highest BCUT2D eigenvalue weighted by Gasteiger charge is 2.25. The van der Waals surface area contributed by atoms with Crippen molar-refractivity contribution in [3.8, 4) is 0 Å². The van der Waals surface area contributed by atoms with Crippen LogP contribution in [0.5, 0.6) is 0 Å². The molecule has 4 rings (SSSR count). The second kappa shape index (κ2) is 10.5. The van der Waals surface area contributed by atoms with Crippen molar-refractivity contribution in [3.63, 3.8) is 0 Å². The molecule has 1 amide bonds. The molecule has 0 aliphatic carbocycles. The van der Waals surface area contributed by atoms with E-state index in [0.29, 0.717) is 12.2 Å². The quantitative estimate of drug-likeness (QED) is 0.530. The number of rotatable bonds is 7. The van der Waals surface area contributed by atoms with Gasteiger partial charge in [0, 0.05) is 35.1 Å². The molecular formula is C25H27N3O3S. The Balaban J connectivity index is 1.32. The lowest BCUT2D eigenvalue weighted by molar-refractivity contribution is -0.117. The minimum atomic E-state index is -0.316. The number of anilines is 1. The van der Waals surface area contributed by atoms with Gasteiger partial charge in [-0.15, -0.1) is 0 Å². The van der Waals surface area contributed by atoms with Crippen LogP contribution in [0.15, 0.2) is 82.7 Å². The Bertz CT molecular complexity index is 1060. The second-order valence-electron chi connectivity index (χ2n) is 7.76. The molecule has 1 aliphatic rings. The van der Waals surface area contributed by atoms with Crippen molar-refractivity contribution in [1.29, 1.82) is 0 Å². The lowest BCUT2D eigenvalue weighted by Crippen LogP contribution is -2.40. The number of hydrogen-bond donors (Lipinski definition) is 1. The molecule has 0 saturated carbocycles. The van der Waals surface area contributed by atoms with Gasteiger partial charge in [-0.05, 0) is 49.2 Å². The van der Waals surface area contributed by atoms with Crippen LogP contribution < -0.4 is 5.32 Å². The smallest absolute Gasteiger partial charge is 0.354 e. The van der Waals surface area contributed by atoms with E-state index in [9.17, 15) is 9.59 Å². The average molecular weight is 450 g/mol. The van der Waals surface area contributed by atoms with Crippen LogP contribution in [-0.2, 0) is 9.53 Å². The summed E-state index contributed by atoms with van der Waals surface area (Å²) in [5.41, 5.74) is 1.41. The Hall–Kier alpha value is -3.03. The normalized spacial score (nSPS) is 14.8. The molecule has 1 saturated heterocycles. The van der Waals surface area contributed by atoms with Crippen molar-refractivity contribution in [3.05, 3.63) is 78.6 Å². The zero-order chi connectivity index (χ0) is 22.3. The highest BCUT2D eigenvalue weighted by molar-refractivity contribution is 7.99. The first-order valence-corrected chi connectivity index (χ1v) is 11.5. The summed E-state index contributed by atoms with van der Waals surface area (Å²) >= 11 is 1.64. The van der Waals surface area contributed by atoms with Gasteiger partial charge in [-0.25, -0.2) is 4.79 Å². The molecule has 7 heteroatoms. The molecule has 1 aliphatic heterocycles. The maximum atomic E-state index is 12.7. The molecule has 166 valence electrons. The monoisotopic (exact) mass is 449 g/mol. The molecule has 3 aromatic rings. The van der Waals surface area contributed by atoms with E-state index in [0.717, 1.165) is 41.4 Å². The molecule has 1 N–H and O–H groups in total. The summed E-state index contributed by atoms with van der Waals surface area (Å²) in [6.07, 6.45) is 3.69. The number of para-hydroxylation sites is 1. The third-order valence-electron chi connectivity index (χ3n) is 5.62. The number of carbonyl (C=O) groups is 2. The van der Waals surface area contributed by atoms with Crippen molar-refractivity contribution in [2.45, 2.75) is 28.7 Å². The number of aromatic nitrogens is 1. The van der Waals surface area contributed by atoms with E-state index in [4.69, 9.17) is 4.74 Å². The number of ether oxygens (including phenoxy) is 1. The van der Waals surface area contributed by atoms with E-state index in [1.807, 2.05) is 59.3 Å². The fourth-order valence-corrected chi connectivity index (χ4v) is 4.94. The lowest BCUT2D eigenvalue weighted by Gasteiger charge is -2.32. The topological polar surface area (TPSA) is 63.6 Å². The van der Waals surface area contributed by atoms with Crippen molar-refractivity contribution in [2.24, 2.45) is 0 Å². The van der Waals surface area contributed by atoms with Crippen molar-refractivity contribution >= 4 is 29.3 Å². The van der Waals surface area contributed by atoms with E-state index >= 15 is 0 Å². The van der Waals surface area contributed by atoms with Gasteiger partial charge >= 0.3 is 5.97 Å². The summed E-state index contributed by atoms with van der Waals surface area (Å²) in [5.74, 6) is -0.329. The summed E-state index contributed by atoms with van der Waals surface area (Å²) < 4.78 is 6.88. The predicted octanol–water partition coefficient (Wildman–Crippen LogP) is 4.70. The fraction of sp³-hybridized carbons (Fsp3) is 0.280. The number of amides is 1. The summed E-state index contributed by atoms with van der Waals surface area (Å²) in [6.45, 7) is 1.96. The van der Waals surface area contributed by atoms with Gasteiger partial charge in [-0.3, -0.25) is 9.69 Å². The first-order chi connectivity index (χ1) is 15.6. The van der Waals surface area contributed by atoms with Gasteiger partial charge in [-0.2, -0.15) is 0 Å². The minimum absolute atomic E-state index is 0.0132. The van der Waals surface area contributed by atoms with Crippen LogP contribution >= 0.6 is 11.8 Å². The van der Waals surface area contributed by atoms with Crippen LogP contribution in [-0.4, -0.2) is 48.1 Å². The molecule has 6 nitrogen and oxygen atoms in total. The lowest BCUT2D eigenvalue weighted by atomic mass is 10.0. The van der Waals surface area contributed by atoms with Gasteiger partial charge in [0.15, 0.2) is 0 Å². The molecule has 0 bridgehead atoms. The Labute approximate surface area is 192 Å². The summed E-state index contributed by atoms with van der Waals surface area (Å²) in [5, 5.41) is 3.08. The van der Waals surface area contributed by atoms with Crippen molar-refractivity contribution < 1.29 is 14.3 Å². The minimum Gasteiger partial charge on any atom is -0.464 e. The first kappa shape index (κ1) is 22.2. The average Bonchev–Trinajstić information content (AvgIpc) is 3.31. The largest absolute Gasteiger partial charge is 0.464 e. The maximum absolute atomic E-state index is 12.7. The number of carbonyl (C=O) groups excluding carboxylic acids is 2. The van der Waals surface area contributed by atoms with E-state index in [-0.39, 0.29) is 17.9 Å². The zero-order valence-electron chi connectivity index (χ0n) is 18.1. The van der Waals surface area contributed by atoms with Gasteiger partial charge in [0.2, 0.25) is 5.91 Å². The number of hydrogen-bond acceptors (Lipinski definition) is 5. The summed E-state index contributed by atoms with van der Waals surface area (Å²) in [7, 11) is 1.40. The van der Waals surface area contributed by atoms with E-state index in [1.165, 1.54) is 7.11 Å². The Morgan fingerprint density at radius 3 is 2.47 bits per heavy atom. The van der Waals surface area contributed by atoms with E-state index in [2.05, 4.69) is 22.3 Å². The van der Waals surface area contributed by atoms with Crippen LogP contribution in [0.2, 0.25) is 0 Å². The van der Waals surface area contributed by atoms with E-state index < -0.39 is 0 Å². The van der Waals surface area contributed by atoms with Crippen LogP contribution in [0.4, 0.5) is 5.69 Å². The zero-order valence-corrected chi connectivity index (χ0v) is 18.9. The molecule has 0 radical (unpaired) electrons. The summed E-state index contributed by atoms with van der Waals surface area (Å²) in [6, 6.07) is 21.9. The van der Waals surface area contributed by atoms with Gasteiger partial charge in [0.1, 0.15) is 5.69 Å². The molecule has 2 heterocycles. The number of methoxy groups -OCH3 is 1. The first-order valence-electron chi connectivity index (χ1n) is 10.7. The van der Waals surface area contributed by atoms with E-state index in [1.54, 1.807) is 17.8 Å². The third-order valence-corrected chi connectivity index (χ3v) is 6.71. The highest BCUT2D eigenvalue weighted by Crippen LogP contribution is 2.33. The molecule has 0 atom stereocenters. The number of piperidine rings is 1. The van der Waals surface area contributed by atoms with Crippen molar-refractivity contribution in [1.82, 2.24) is 9.47 Å². The molecular weight excluding hydrogens is 422 g/mol. The van der Waals surface area contributed by atoms with Crippen LogP contribution in [0.3, 0.4) is 0 Å². The summed E-state index contributed by atoms with van der Waals surface area (Å²) in [4.78, 5) is 29.0. The van der Waals surface area contributed by atoms with Crippen LogP contribution in [0.1, 0.15) is 29.4 Å². The number of nitrogens with one attached hydrogen (secondary N) is 1. The molecule has 32 heavy (non-hydrogen) atoms. The Kier molecular flexibility index (Phi) is 7.29. The Morgan fingerprint density at radius 2 is 1.72 bits per heavy atom. The molecule has 0 unspecified atom stereocenters. The maximum Gasteiger partial charge on any atom is 0.354 e. The standard InChI is InChI=1S/C25H27N3O3S/c1-31-25(30)22-11-7-15-28(22)19-13-16-27(17-14-19)18-24(29)26-21-10-5-6-12-23(21)32-20-8-3-2-4-9-20/h2-12,15,19H,13-14,16-18H2,1H3,(H,26,29). The number of benzene rings is 2. The molecule has 1 aromatic heterocycles. The van der Waals surface area contributed by atoms with Gasteiger partial charge in [0.05, 0.1) is 19.3 Å². The number of esters is 1. The number of nitrogens with zero attached hydrogens (tertiary/aromatic N) is 2. The van der Waals surface area contributed by atoms with Crippen LogP contribution in [0, 0.1) is 0 Å². The Morgan fingerprint density at radius 1 is 1.00 bits per heavy atom. The second-order valence-corrected chi connectivity index (χ2v) is 8.87. The fourth-order valence-electron chi connectivity index (χ4n) is 4.01. The van der Waals surface area contributed by atoms with Gasteiger partial charge in [-0.1, -0.05) is 42.1 Å². The molecule has 2 aromatic carbocycles. The molecule has 0 spiro atoms. The SMILES string of the molecule is COC(=O)c1cccn1C1CCN(CC(=O)Nc2ccccc2Sc2ccccc2)CC1. The predicted molar refractivity (Wildman–Crippen MR) is 126 cm³/mol. The number of likely N-dealkylation sites (tertiary alicyclic amines) is 1. The van der Waals surface area contributed by atoms with Gasteiger partial charge in [0.25, 0.3) is 0 Å². The van der Waals surface area contributed by atoms with Gasteiger partial charge < -0.3 is 14.6 Å². The highest BCUT2D eigenvalue weighted by atomic mass is 32.2. The van der Waals surface area contributed by atoms with Crippen molar-refractivity contribution in [2.75, 3.05) is 32.1 Å². The third kappa shape index (κ3) is 5.41.